The van der Waals surface area contributed by atoms with Crippen LogP contribution in [0.5, 0.6) is 0 Å². The molecular weight excluding hydrogens is 462 g/mol. The van der Waals surface area contributed by atoms with Crippen molar-refractivity contribution in [3.8, 4) is 0 Å². The molecule has 0 aliphatic carbocycles. The Hall–Kier alpha value is -2.69. The SMILES string of the molecule is Nc1nc(/C(=N/O)C(=O)NC2C(=O)N3C(C(=O)O)=C(CS(=O)(=O)CO)CS[C@H]23)cs1. The van der Waals surface area contributed by atoms with Crippen molar-refractivity contribution in [3.63, 3.8) is 0 Å². The van der Waals surface area contributed by atoms with Crippen LogP contribution in [0.3, 0.4) is 0 Å². The molecule has 2 amide bonds. The van der Waals surface area contributed by atoms with E-state index in [0.29, 0.717) is 0 Å². The summed E-state index contributed by atoms with van der Waals surface area (Å²) in [5.41, 5.74) is 4.49. The van der Waals surface area contributed by atoms with E-state index in [2.05, 4.69) is 15.5 Å². The fourth-order valence-electron chi connectivity index (χ4n) is 2.92. The molecular formula is C14H15N5O8S3. The van der Waals surface area contributed by atoms with Gasteiger partial charge in [0.25, 0.3) is 11.8 Å². The summed E-state index contributed by atoms with van der Waals surface area (Å²) in [6.07, 6.45) is 0. The third-order valence-corrected chi connectivity index (χ3v) is 7.40. The fraction of sp³-hybridized carbons (Fsp3) is 0.357. The Morgan fingerprint density at radius 1 is 1.43 bits per heavy atom. The summed E-state index contributed by atoms with van der Waals surface area (Å²) < 4.78 is 23.4. The first kappa shape index (κ1) is 22.0. The number of nitrogens with one attached hydrogen (secondary N) is 1. The van der Waals surface area contributed by atoms with Gasteiger partial charge in [0.15, 0.2) is 20.7 Å². The van der Waals surface area contributed by atoms with Gasteiger partial charge in [0.05, 0.1) is 5.75 Å². The molecule has 162 valence electrons. The summed E-state index contributed by atoms with van der Waals surface area (Å²) >= 11 is 2.06. The molecule has 0 saturated carbocycles. The van der Waals surface area contributed by atoms with Crippen molar-refractivity contribution in [2.24, 2.45) is 5.16 Å². The van der Waals surface area contributed by atoms with Crippen LogP contribution < -0.4 is 11.1 Å². The highest BCUT2D eigenvalue weighted by Crippen LogP contribution is 2.40. The van der Waals surface area contributed by atoms with Crippen LogP contribution in [0.1, 0.15) is 5.69 Å². The van der Waals surface area contributed by atoms with Crippen molar-refractivity contribution in [3.05, 3.63) is 22.3 Å². The van der Waals surface area contributed by atoms with Gasteiger partial charge in [-0.25, -0.2) is 18.2 Å². The third-order valence-electron chi connectivity index (χ3n) is 4.21. The summed E-state index contributed by atoms with van der Waals surface area (Å²) in [4.78, 5) is 41.3. The lowest BCUT2D eigenvalue weighted by Crippen LogP contribution is -2.71. The predicted octanol–water partition coefficient (Wildman–Crippen LogP) is -1.99. The number of aliphatic hydroxyl groups excluding tert-OH is 1. The molecule has 3 heterocycles. The monoisotopic (exact) mass is 477 g/mol. The van der Waals surface area contributed by atoms with Crippen molar-refractivity contribution in [1.29, 1.82) is 0 Å². The lowest BCUT2D eigenvalue weighted by Gasteiger charge is -2.49. The van der Waals surface area contributed by atoms with Crippen LogP contribution in [0.15, 0.2) is 21.8 Å². The molecule has 1 aromatic rings. The number of carboxylic acid groups (broad SMARTS) is 1. The Kier molecular flexibility index (Phi) is 6.02. The van der Waals surface area contributed by atoms with Gasteiger partial charge in [0.2, 0.25) is 0 Å². The van der Waals surface area contributed by atoms with E-state index in [4.69, 9.17) is 16.0 Å². The fourth-order valence-corrected chi connectivity index (χ4v) is 5.81. The Balaban J connectivity index is 1.80. The van der Waals surface area contributed by atoms with Gasteiger partial charge in [-0.2, -0.15) is 0 Å². The highest BCUT2D eigenvalue weighted by molar-refractivity contribution is 8.00. The number of aromatic nitrogens is 1. The van der Waals surface area contributed by atoms with Crippen LogP contribution in [-0.2, 0) is 24.2 Å². The zero-order valence-electron chi connectivity index (χ0n) is 14.9. The number of carboxylic acids is 1. The van der Waals surface area contributed by atoms with Crippen LogP contribution in [0, 0.1) is 0 Å². The Morgan fingerprint density at radius 2 is 2.13 bits per heavy atom. The van der Waals surface area contributed by atoms with Crippen molar-refractivity contribution < 1.29 is 38.2 Å². The maximum absolute atomic E-state index is 12.5. The number of nitrogen functional groups attached to an aromatic ring is 1. The molecule has 0 radical (unpaired) electrons. The molecule has 30 heavy (non-hydrogen) atoms. The number of aliphatic carboxylic acids is 1. The maximum Gasteiger partial charge on any atom is 0.352 e. The summed E-state index contributed by atoms with van der Waals surface area (Å²) in [7, 11) is -3.94. The average molecular weight is 478 g/mol. The zero-order chi connectivity index (χ0) is 22.2. The molecule has 0 aromatic carbocycles. The van der Waals surface area contributed by atoms with Gasteiger partial charge in [-0.15, -0.1) is 23.1 Å². The molecule has 0 bridgehead atoms. The maximum atomic E-state index is 12.5. The first-order chi connectivity index (χ1) is 14.1. The molecule has 0 spiro atoms. The summed E-state index contributed by atoms with van der Waals surface area (Å²) in [5.74, 6) is -5.10. The van der Waals surface area contributed by atoms with E-state index >= 15 is 0 Å². The number of hydrogen-bond donors (Lipinski definition) is 5. The van der Waals surface area contributed by atoms with Crippen molar-refractivity contribution in [1.82, 2.24) is 15.2 Å². The minimum absolute atomic E-state index is 0.0000398. The van der Waals surface area contributed by atoms with Crippen LogP contribution in [0.2, 0.25) is 0 Å². The van der Waals surface area contributed by atoms with E-state index in [1.807, 2.05) is 0 Å². The third kappa shape index (κ3) is 3.98. The number of carbonyl (C=O) groups excluding carboxylic acids is 2. The lowest BCUT2D eigenvalue weighted by molar-refractivity contribution is -0.150. The summed E-state index contributed by atoms with van der Waals surface area (Å²) in [6.45, 7) is 0. The van der Waals surface area contributed by atoms with Crippen LogP contribution in [0.25, 0.3) is 0 Å². The predicted molar refractivity (Wildman–Crippen MR) is 105 cm³/mol. The lowest BCUT2D eigenvalue weighted by atomic mass is 10.0. The second-order valence-electron chi connectivity index (χ2n) is 6.15. The van der Waals surface area contributed by atoms with E-state index < -0.39 is 62.1 Å². The molecule has 1 fully saturated rings. The van der Waals surface area contributed by atoms with Gasteiger partial charge < -0.3 is 26.5 Å². The molecule has 3 rings (SSSR count). The number of β-lactam (4-membered cyclic amide) rings is 1. The summed E-state index contributed by atoms with van der Waals surface area (Å²) in [6, 6.07) is -1.12. The topological polar surface area (TPSA) is 213 Å². The molecule has 1 saturated heterocycles. The molecule has 1 unspecified atom stereocenters. The highest BCUT2D eigenvalue weighted by Gasteiger charge is 2.54. The van der Waals surface area contributed by atoms with E-state index in [9.17, 15) is 27.9 Å². The number of carbonyl (C=O) groups is 3. The minimum atomic E-state index is -3.94. The van der Waals surface area contributed by atoms with Gasteiger partial charge >= 0.3 is 5.97 Å². The van der Waals surface area contributed by atoms with Gasteiger partial charge in [0, 0.05) is 11.1 Å². The number of nitrogens with two attached hydrogens (primary N) is 1. The number of hydrogen-bond acceptors (Lipinski definition) is 12. The largest absolute Gasteiger partial charge is 0.477 e. The van der Waals surface area contributed by atoms with Gasteiger partial charge in [0.1, 0.15) is 28.7 Å². The number of anilines is 1. The number of oxime groups is 1. The van der Waals surface area contributed by atoms with Crippen molar-refractivity contribution >= 4 is 61.6 Å². The molecule has 2 atom stereocenters. The van der Waals surface area contributed by atoms with E-state index in [0.717, 1.165) is 28.0 Å². The van der Waals surface area contributed by atoms with Crippen molar-refractivity contribution in [2.75, 3.05) is 23.2 Å². The van der Waals surface area contributed by atoms with Crippen LogP contribution >= 0.6 is 23.1 Å². The smallest absolute Gasteiger partial charge is 0.352 e. The Morgan fingerprint density at radius 3 is 2.67 bits per heavy atom. The second-order valence-corrected chi connectivity index (χ2v) is 10.2. The molecule has 2 aliphatic rings. The molecule has 1 aromatic heterocycles. The first-order valence-corrected chi connectivity index (χ1v) is 11.8. The number of aliphatic hydroxyl groups is 1. The number of thiazole rings is 1. The number of nitrogens with zero attached hydrogens (tertiary/aromatic N) is 3. The highest BCUT2D eigenvalue weighted by atomic mass is 32.2. The first-order valence-electron chi connectivity index (χ1n) is 8.05. The number of rotatable bonds is 7. The Labute approximate surface area is 177 Å². The second kappa shape index (κ2) is 8.21. The van der Waals surface area contributed by atoms with E-state index in [-0.39, 0.29) is 22.2 Å². The standard InChI is InChI=1S/C14H15N5O8S3/c15-14-16-6(2-29-14)7(18-25)10(21)17-8-11(22)19-9(13(23)24)5(1-28-12(8)19)3-30(26,27)4-20/h2,8,12,20,25H,1,3-4H2,(H2,15,16)(H,17,21)(H,23,24)/b18-7-/t8?,12-/m1/s1. The van der Waals surface area contributed by atoms with Crippen LogP contribution in [0.4, 0.5) is 5.13 Å². The minimum Gasteiger partial charge on any atom is -0.477 e. The average Bonchev–Trinajstić information content (AvgIpc) is 3.11. The number of sulfone groups is 1. The van der Waals surface area contributed by atoms with E-state index in [1.165, 1.54) is 5.38 Å². The van der Waals surface area contributed by atoms with Gasteiger partial charge in [-0.1, -0.05) is 5.16 Å². The van der Waals surface area contributed by atoms with Gasteiger partial charge in [-0.3, -0.25) is 14.5 Å². The summed E-state index contributed by atoms with van der Waals surface area (Å²) in [5, 5.41) is 33.5. The molecule has 16 heteroatoms. The van der Waals surface area contributed by atoms with Crippen molar-refractivity contribution in [2.45, 2.75) is 11.4 Å². The molecule has 13 nitrogen and oxygen atoms in total. The Bertz CT molecular complexity index is 1080. The number of thioether (sulfide) groups is 1. The number of fused-ring (bicyclic) bond motifs is 1. The quantitative estimate of drug-likeness (QED) is 0.125. The van der Waals surface area contributed by atoms with E-state index in [1.54, 1.807) is 0 Å². The normalized spacial score (nSPS) is 21.8. The molecule has 6 N–H and O–H groups in total. The zero-order valence-corrected chi connectivity index (χ0v) is 17.3. The molecule has 2 aliphatic heterocycles. The number of amides is 2. The van der Waals surface area contributed by atoms with Gasteiger partial charge in [-0.05, 0) is 5.57 Å². The van der Waals surface area contributed by atoms with Crippen LogP contribution in [-0.4, -0.2) is 86.1 Å².